The average molecular weight is 543 g/mol. The number of ketones is 1. The van der Waals surface area contributed by atoms with Crippen LogP contribution in [-0.4, -0.2) is 18.4 Å². The second kappa shape index (κ2) is 46.0. The normalized spacial score (nSPS) is 9.79. The van der Waals surface area contributed by atoms with Crippen molar-refractivity contribution in [1.29, 1.82) is 0 Å². The van der Waals surface area contributed by atoms with E-state index in [1.54, 1.807) is 6.92 Å². The predicted octanol–water partition coefficient (Wildman–Crippen LogP) is 12.6. The maximum atomic E-state index is 11.2. The van der Waals surface area contributed by atoms with Gasteiger partial charge in [0.05, 0.1) is 6.61 Å². The lowest BCUT2D eigenvalue weighted by Crippen LogP contribution is -2.05. The van der Waals surface area contributed by atoms with Gasteiger partial charge in [-0.25, -0.2) is 0 Å². The Morgan fingerprint density at radius 1 is 0.447 bits per heavy atom. The van der Waals surface area contributed by atoms with Crippen molar-refractivity contribution in [3.8, 4) is 0 Å². The highest BCUT2D eigenvalue weighted by Crippen LogP contribution is 2.12. The summed E-state index contributed by atoms with van der Waals surface area (Å²) in [7, 11) is 0. The maximum Gasteiger partial charge on any atom is 0.305 e. The van der Waals surface area contributed by atoms with Gasteiger partial charge >= 0.3 is 5.97 Å². The summed E-state index contributed by atoms with van der Waals surface area (Å²) in [5.74, 6) is 0.243. The van der Waals surface area contributed by atoms with Crippen LogP contribution in [0.3, 0.4) is 0 Å². The first-order valence-corrected chi connectivity index (χ1v) is 17.1. The minimum absolute atomic E-state index is 0.0120. The molecule has 0 rings (SSSR count). The van der Waals surface area contributed by atoms with Gasteiger partial charge in [0.25, 0.3) is 0 Å². The third-order valence-corrected chi connectivity index (χ3v) is 6.45. The van der Waals surface area contributed by atoms with Crippen molar-refractivity contribution in [3.63, 3.8) is 0 Å². The molecule has 0 aliphatic carbocycles. The number of rotatable bonds is 24. The van der Waals surface area contributed by atoms with Crippen LogP contribution in [0.15, 0.2) is 0 Å². The van der Waals surface area contributed by atoms with E-state index in [0.717, 1.165) is 19.3 Å². The molecule has 0 saturated carbocycles. The number of carbonyl (C=O) groups excluding carboxylic acids is 2. The van der Waals surface area contributed by atoms with Crippen LogP contribution in [0.5, 0.6) is 0 Å². The molecule has 0 aliphatic rings. The highest BCUT2D eigenvalue weighted by atomic mass is 16.5. The molecule has 0 fully saturated rings. The van der Waals surface area contributed by atoms with Crippen LogP contribution in [0.2, 0.25) is 0 Å². The first kappa shape index (κ1) is 44.2. The van der Waals surface area contributed by atoms with Gasteiger partial charge in [0.15, 0.2) is 0 Å². The predicted molar refractivity (Wildman–Crippen MR) is 172 cm³/mol. The average Bonchev–Trinajstić information content (AvgIpc) is 2.93. The number of Topliss-reactive ketones (excluding diaryl/α,β-unsaturated/α-hetero) is 1. The summed E-state index contributed by atoms with van der Waals surface area (Å²) >= 11 is 0. The molecule has 0 radical (unpaired) electrons. The molecule has 38 heavy (non-hydrogen) atoms. The molecule has 0 aromatic heterocycles. The van der Waals surface area contributed by atoms with Crippen molar-refractivity contribution < 1.29 is 14.3 Å². The summed E-state index contributed by atoms with van der Waals surface area (Å²) in [5.41, 5.74) is 0. The zero-order valence-corrected chi connectivity index (χ0v) is 27.9. The molecule has 0 spiro atoms. The van der Waals surface area contributed by atoms with Gasteiger partial charge in [-0.3, -0.25) is 4.79 Å². The van der Waals surface area contributed by atoms with E-state index in [-0.39, 0.29) is 11.8 Å². The molecule has 3 nitrogen and oxygen atoms in total. The van der Waals surface area contributed by atoms with Crippen molar-refractivity contribution in [3.05, 3.63) is 0 Å². The second-order valence-corrected chi connectivity index (χ2v) is 10.4. The van der Waals surface area contributed by atoms with E-state index in [4.69, 9.17) is 4.74 Å². The molecule has 232 valence electrons. The van der Waals surface area contributed by atoms with E-state index < -0.39 is 0 Å². The molecule has 0 aromatic carbocycles. The van der Waals surface area contributed by atoms with E-state index in [2.05, 4.69) is 27.7 Å². The molecule has 0 heterocycles. The smallest absolute Gasteiger partial charge is 0.305 e. The van der Waals surface area contributed by atoms with Gasteiger partial charge in [-0.15, -0.1) is 0 Å². The topological polar surface area (TPSA) is 43.4 Å². The van der Waals surface area contributed by atoms with Crippen molar-refractivity contribution >= 4 is 11.8 Å². The fourth-order valence-electron chi connectivity index (χ4n) is 3.72. The Morgan fingerprint density at radius 2 is 0.711 bits per heavy atom. The third-order valence-electron chi connectivity index (χ3n) is 6.45. The van der Waals surface area contributed by atoms with Crippen LogP contribution in [0.25, 0.3) is 0 Å². The highest BCUT2D eigenvalue weighted by molar-refractivity contribution is 5.74. The largest absolute Gasteiger partial charge is 0.466 e. The van der Waals surface area contributed by atoms with Crippen LogP contribution >= 0.6 is 0 Å². The Labute approximate surface area is 242 Å². The summed E-state index contributed by atoms with van der Waals surface area (Å²) in [4.78, 5) is 21.0. The molecule has 0 saturated heterocycles. The Balaban J connectivity index is -0.000000245. The number of ether oxygens (including phenoxy) is 1. The minimum Gasteiger partial charge on any atom is -0.466 e. The van der Waals surface area contributed by atoms with Crippen LogP contribution in [-0.2, 0) is 14.3 Å². The summed E-state index contributed by atoms with van der Waals surface area (Å²) in [6, 6.07) is 0. The summed E-state index contributed by atoms with van der Waals surface area (Å²) in [6.07, 6.45) is 31.0. The Kier molecular flexibility index (Phi) is 53.5. The molecule has 3 heteroatoms. The zero-order valence-electron chi connectivity index (χ0n) is 27.9. The van der Waals surface area contributed by atoms with Gasteiger partial charge in [-0.1, -0.05) is 177 Å². The molecule has 0 aliphatic heterocycles. The number of hydrogen-bond donors (Lipinski definition) is 0. The third kappa shape index (κ3) is 55.6. The van der Waals surface area contributed by atoms with Gasteiger partial charge in [0, 0.05) is 12.8 Å². The Morgan fingerprint density at radius 3 is 0.974 bits per heavy atom. The van der Waals surface area contributed by atoms with E-state index in [0.29, 0.717) is 19.4 Å². The van der Waals surface area contributed by atoms with Gasteiger partial charge in [-0.05, 0) is 19.8 Å². The number of carbonyl (C=O) groups is 2. The fourth-order valence-corrected chi connectivity index (χ4v) is 3.72. The van der Waals surface area contributed by atoms with Crippen LogP contribution < -0.4 is 0 Å². The standard InChI is InChI=1S/C15H32.C14H28O2.C4H8O.C2H6/c1-3-5-7-9-11-13-15-14-12-10-8-6-4-2;1-3-5-7-8-9-10-11-12-14(15)16-13-6-4-2;1-3-4(2)5;1-2/h3-15H2,1-2H3;3-13H2,1-2H3;3H2,1-2H3;1-2H3. The number of unbranched alkanes of at least 4 members (excludes halogenated alkanes) is 19. The van der Waals surface area contributed by atoms with E-state index in [1.165, 1.54) is 122 Å². The van der Waals surface area contributed by atoms with Gasteiger partial charge in [-0.2, -0.15) is 0 Å². The highest BCUT2D eigenvalue weighted by Gasteiger charge is 2.01. The van der Waals surface area contributed by atoms with Gasteiger partial charge < -0.3 is 9.53 Å². The van der Waals surface area contributed by atoms with Crippen molar-refractivity contribution in [2.75, 3.05) is 6.61 Å². The maximum absolute atomic E-state index is 11.2. The van der Waals surface area contributed by atoms with E-state index in [9.17, 15) is 9.59 Å². The van der Waals surface area contributed by atoms with E-state index in [1.807, 2.05) is 20.8 Å². The van der Waals surface area contributed by atoms with E-state index >= 15 is 0 Å². The number of esters is 1. The molecule has 0 bridgehead atoms. The molecule has 0 amide bonds. The Hall–Kier alpha value is -0.860. The lowest BCUT2D eigenvalue weighted by molar-refractivity contribution is -0.143. The van der Waals surface area contributed by atoms with Crippen LogP contribution in [0, 0.1) is 0 Å². The van der Waals surface area contributed by atoms with Crippen molar-refractivity contribution in [2.45, 2.75) is 209 Å². The first-order chi connectivity index (χ1) is 18.5. The molecule has 0 unspecified atom stereocenters. The first-order valence-electron chi connectivity index (χ1n) is 17.1. The fraction of sp³-hybridized carbons (Fsp3) is 0.943. The SMILES string of the molecule is CC.CCC(C)=O.CCCCCCCCCC(=O)OCCCC.CCCCCCCCCCCCCCC. The lowest BCUT2D eigenvalue weighted by atomic mass is 10.1. The summed E-state index contributed by atoms with van der Waals surface area (Å²) in [6.45, 7) is 16.9. The Bertz CT molecular complexity index is 394. The van der Waals surface area contributed by atoms with Gasteiger partial charge in [0.1, 0.15) is 5.78 Å². The summed E-state index contributed by atoms with van der Waals surface area (Å²) in [5, 5.41) is 0. The molecule has 0 atom stereocenters. The zero-order chi connectivity index (χ0) is 29.5. The second-order valence-electron chi connectivity index (χ2n) is 10.4. The van der Waals surface area contributed by atoms with Crippen LogP contribution in [0.1, 0.15) is 209 Å². The minimum atomic E-state index is -0.0120. The molecule has 0 N–H and O–H groups in total. The monoisotopic (exact) mass is 543 g/mol. The van der Waals surface area contributed by atoms with Crippen LogP contribution in [0.4, 0.5) is 0 Å². The molecule has 0 aromatic rings. The van der Waals surface area contributed by atoms with Gasteiger partial charge in [0.2, 0.25) is 0 Å². The molecular formula is C35H74O3. The summed E-state index contributed by atoms with van der Waals surface area (Å²) < 4.78 is 5.09. The molecular weight excluding hydrogens is 468 g/mol. The lowest BCUT2D eigenvalue weighted by Gasteiger charge is -2.03. The van der Waals surface area contributed by atoms with Crippen molar-refractivity contribution in [2.24, 2.45) is 0 Å². The number of hydrogen-bond acceptors (Lipinski definition) is 3. The quantitative estimate of drug-likeness (QED) is 0.0899. The van der Waals surface area contributed by atoms with Crippen molar-refractivity contribution in [1.82, 2.24) is 0 Å².